The van der Waals surface area contributed by atoms with Gasteiger partial charge >= 0.3 is 0 Å². The fraction of sp³-hybridized carbons (Fsp3) is 0.353. The van der Waals surface area contributed by atoms with Crippen LogP contribution in [0.25, 0.3) is 10.4 Å². The summed E-state index contributed by atoms with van der Waals surface area (Å²) in [6.45, 7) is 3.55. The Morgan fingerprint density at radius 1 is 1.20 bits per heavy atom. The average Bonchev–Trinajstić information content (AvgIpc) is 3.07. The average molecular weight is 384 g/mol. The number of hydrogen-bond acceptors (Lipinski definition) is 6. The Morgan fingerprint density at radius 2 is 1.92 bits per heavy atom. The number of ether oxygens (including phenoxy) is 1. The standard InChI is InChI=1S/C17H21N3O3S.ClH/c1-19-7-9-20(10-8-19)18-17(22)16-6-5-15(24-16)12-3-4-13(21)14(11-12)23-2;/h3-6,11,21H,7-10H2,1-2H3,(H,18,22);1H. The number of piperazine rings is 1. The van der Waals surface area contributed by atoms with Gasteiger partial charge in [0, 0.05) is 31.1 Å². The van der Waals surface area contributed by atoms with Crippen molar-refractivity contribution in [1.29, 1.82) is 0 Å². The van der Waals surface area contributed by atoms with E-state index in [0.717, 1.165) is 36.6 Å². The monoisotopic (exact) mass is 383 g/mol. The molecule has 2 aromatic rings. The second-order valence-corrected chi connectivity index (χ2v) is 6.87. The van der Waals surface area contributed by atoms with E-state index >= 15 is 0 Å². The Hall–Kier alpha value is -1.80. The maximum atomic E-state index is 12.4. The number of hydrogen-bond donors (Lipinski definition) is 2. The van der Waals surface area contributed by atoms with E-state index in [1.807, 2.05) is 23.2 Å². The zero-order valence-electron chi connectivity index (χ0n) is 14.2. The van der Waals surface area contributed by atoms with Gasteiger partial charge in [-0.2, -0.15) is 0 Å². The Kier molecular flexibility index (Phi) is 6.66. The molecule has 2 heterocycles. The number of likely N-dealkylation sites (N-methyl/N-ethyl adjacent to an activating group) is 1. The number of carbonyl (C=O) groups excluding carboxylic acids is 1. The summed E-state index contributed by atoms with van der Waals surface area (Å²) < 4.78 is 5.14. The number of phenols is 1. The molecule has 1 aromatic heterocycles. The van der Waals surface area contributed by atoms with Crippen LogP contribution in [0.2, 0.25) is 0 Å². The normalized spacial score (nSPS) is 15.4. The van der Waals surface area contributed by atoms with Crippen LogP contribution in [-0.4, -0.2) is 61.3 Å². The SMILES string of the molecule is COc1cc(-c2ccc(C(=O)NN3CCN(C)CC3)s2)ccc1O.Cl. The molecule has 1 amide bonds. The third kappa shape index (κ3) is 4.64. The van der Waals surface area contributed by atoms with Crippen molar-refractivity contribution in [2.24, 2.45) is 0 Å². The quantitative estimate of drug-likeness (QED) is 0.849. The van der Waals surface area contributed by atoms with Gasteiger partial charge in [0.2, 0.25) is 0 Å². The lowest BCUT2D eigenvalue weighted by Crippen LogP contribution is -2.52. The molecule has 1 aromatic carbocycles. The van der Waals surface area contributed by atoms with E-state index in [0.29, 0.717) is 10.6 Å². The molecule has 0 atom stereocenters. The van der Waals surface area contributed by atoms with E-state index in [1.54, 1.807) is 12.1 Å². The summed E-state index contributed by atoms with van der Waals surface area (Å²) in [5, 5.41) is 11.6. The maximum absolute atomic E-state index is 12.4. The van der Waals surface area contributed by atoms with Gasteiger partial charge in [0.15, 0.2) is 11.5 Å². The van der Waals surface area contributed by atoms with E-state index in [9.17, 15) is 9.90 Å². The maximum Gasteiger partial charge on any atom is 0.275 e. The summed E-state index contributed by atoms with van der Waals surface area (Å²) in [5.74, 6) is 0.441. The van der Waals surface area contributed by atoms with Crippen molar-refractivity contribution in [3.8, 4) is 21.9 Å². The number of thiophene rings is 1. The van der Waals surface area contributed by atoms with E-state index in [4.69, 9.17) is 4.74 Å². The first-order valence-electron chi connectivity index (χ1n) is 7.78. The van der Waals surface area contributed by atoms with Gasteiger partial charge in [-0.15, -0.1) is 23.7 Å². The smallest absolute Gasteiger partial charge is 0.275 e. The molecule has 2 N–H and O–H groups in total. The highest BCUT2D eigenvalue weighted by molar-refractivity contribution is 7.17. The molecule has 25 heavy (non-hydrogen) atoms. The molecule has 1 aliphatic heterocycles. The van der Waals surface area contributed by atoms with Crippen LogP contribution in [0.1, 0.15) is 9.67 Å². The zero-order chi connectivity index (χ0) is 17.1. The molecule has 0 unspecified atom stereocenters. The predicted molar refractivity (Wildman–Crippen MR) is 102 cm³/mol. The summed E-state index contributed by atoms with van der Waals surface area (Å²) in [6, 6.07) is 8.91. The molecule has 1 fully saturated rings. The number of benzene rings is 1. The fourth-order valence-electron chi connectivity index (χ4n) is 2.56. The highest BCUT2D eigenvalue weighted by atomic mass is 35.5. The molecular formula is C17H22ClN3O3S. The first-order chi connectivity index (χ1) is 11.6. The number of amides is 1. The van der Waals surface area contributed by atoms with Crippen LogP contribution < -0.4 is 10.2 Å². The predicted octanol–water partition coefficient (Wildman–Crippen LogP) is 2.44. The third-order valence-electron chi connectivity index (χ3n) is 4.06. The first-order valence-corrected chi connectivity index (χ1v) is 8.60. The van der Waals surface area contributed by atoms with Gasteiger partial charge in [0.25, 0.3) is 5.91 Å². The minimum Gasteiger partial charge on any atom is -0.504 e. The van der Waals surface area contributed by atoms with E-state index < -0.39 is 0 Å². The molecule has 8 heteroatoms. The van der Waals surface area contributed by atoms with E-state index in [1.165, 1.54) is 18.4 Å². The molecule has 0 aliphatic carbocycles. The van der Waals surface area contributed by atoms with Gasteiger partial charge in [0.1, 0.15) is 0 Å². The number of methoxy groups -OCH3 is 1. The number of phenolic OH excluding ortho intramolecular Hbond substituents is 1. The summed E-state index contributed by atoms with van der Waals surface area (Å²) in [6.07, 6.45) is 0. The number of rotatable bonds is 4. The number of carbonyl (C=O) groups is 1. The van der Waals surface area contributed by atoms with Crippen LogP contribution in [0.3, 0.4) is 0 Å². The molecule has 1 aliphatic rings. The number of nitrogens with one attached hydrogen (secondary N) is 1. The van der Waals surface area contributed by atoms with Gasteiger partial charge in [-0.05, 0) is 42.9 Å². The van der Waals surface area contributed by atoms with Gasteiger partial charge in [-0.25, -0.2) is 5.01 Å². The molecule has 1 saturated heterocycles. The minimum absolute atomic E-state index is 0. The van der Waals surface area contributed by atoms with Crippen molar-refractivity contribution in [3.63, 3.8) is 0 Å². The largest absolute Gasteiger partial charge is 0.504 e. The van der Waals surface area contributed by atoms with Crippen molar-refractivity contribution < 1.29 is 14.6 Å². The molecule has 6 nitrogen and oxygen atoms in total. The van der Waals surface area contributed by atoms with Crippen molar-refractivity contribution in [1.82, 2.24) is 15.3 Å². The van der Waals surface area contributed by atoms with Crippen LogP contribution in [0.4, 0.5) is 0 Å². The summed E-state index contributed by atoms with van der Waals surface area (Å²) in [4.78, 5) is 16.3. The fourth-order valence-corrected chi connectivity index (χ4v) is 3.46. The van der Waals surface area contributed by atoms with Crippen LogP contribution in [0.15, 0.2) is 30.3 Å². The minimum atomic E-state index is -0.0819. The molecule has 0 bridgehead atoms. The summed E-state index contributed by atoms with van der Waals surface area (Å²) in [7, 11) is 3.60. The summed E-state index contributed by atoms with van der Waals surface area (Å²) >= 11 is 1.42. The number of aromatic hydroxyl groups is 1. The Labute approximate surface area is 157 Å². The van der Waals surface area contributed by atoms with Crippen LogP contribution >= 0.6 is 23.7 Å². The summed E-state index contributed by atoms with van der Waals surface area (Å²) in [5.41, 5.74) is 3.88. The Balaban J connectivity index is 0.00000225. The lowest BCUT2D eigenvalue weighted by atomic mass is 10.1. The van der Waals surface area contributed by atoms with Crippen molar-refractivity contribution in [2.75, 3.05) is 40.3 Å². The van der Waals surface area contributed by atoms with Crippen molar-refractivity contribution in [3.05, 3.63) is 35.2 Å². The first kappa shape index (κ1) is 19.5. The van der Waals surface area contributed by atoms with Crippen LogP contribution in [-0.2, 0) is 0 Å². The number of hydrazine groups is 1. The lowest BCUT2D eigenvalue weighted by Gasteiger charge is -2.32. The van der Waals surface area contributed by atoms with Gasteiger partial charge in [0.05, 0.1) is 12.0 Å². The van der Waals surface area contributed by atoms with Crippen LogP contribution in [0.5, 0.6) is 11.5 Å². The highest BCUT2D eigenvalue weighted by Gasteiger charge is 2.18. The van der Waals surface area contributed by atoms with Gasteiger partial charge < -0.3 is 14.7 Å². The van der Waals surface area contributed by atoms with Crippen molar-refractivity contribution >= 4 is 29.7 Å². The lowest BCUT2D eigenvalue weighted by molar-refractivity contribution is 0.0666. The Morgan fingerprint density at radius 3 is 2.60 bits per heavy atom. The molecule has 3 rings (SSSR count). The topological polar surface area (TPSA) is 65.0 Å². The Bertz CT molecular complexity index is 730. The number of halogens is 1. The van der Waals surface area contributed by atoms with Crippen molar-refractivity contribution in [2.45, 2.75) is 0 Å². The molecule has 0 radical (unpaired) electrons. The van der Waals surface area contributed by atoms with Gasteiger partial charge in [-0.3, -0.25) is 10.2 Å². The molecule has 0 spiro atoms. The molecule has 136 valence electrons. The van der Waals surface area contributed by atoms with Gasteiger partial charge in [-0.1, -0.05) is 0 Å². The molecule has 0 saturated carbocycles. The van der Waals surface area contributed by atoms with E-state index in [2.05, 4.69) is 17.4 Å². The van der Waals surface area contributed by atoms with E-state index in [-0.39, 0.29) is 24.1 Å². The molecular weight excluding hydrogens is 362 g/mol. The number of nitrogens with zero attached hydrogens (tertiary/aromatic N) is 2. The second kappa shape index (κ2) is 8.53. The highest BCUT2D eigenvalue weighted by Crippen LogP contribution is 2.34. The zero-order valence-corrected chi connectivity index (χ0v) is 15.8. The third-order valence-corrected chi connectivity index (χ3v) is 5.19. The second-order valence-electron chi connectivity index (χ2n) is 5.78. The van der Waals surface area contributed by atoms with Crippen LogP contribution in [0, 0.1) is 0 Å².